The Hall–Kier alpha value is -1.10. The molecule has 16 heavy (non-hydrogen) atoms. The van der Waals surface area contributed by atoms with Crippen LogP contribution in [-0.4, -0.2) is 35.6 Å². The van der Waals surface area contributed by atoms with Gasteiger partial charge in [0.05, 0.1) is 6.10 Å². The van der Waals surface area contributed by atoms with Crippen LogP contribution in [0, 0.1) is 5.92 Å². The van der Waals surface area contributed by atoms with Gasteiger partial charge >= 0.3 is 0 Å². The van der Waals surface area contributed by atoms with Crippen LogP contribution < -0.4 is 10.6 Å². The van der Waals surface area contributed by atoms with Gasteiger partial charge in [-0.2, -0.15) is 0 Å². The third-order valence-electron chi connectivity index (χ3n) is 2.07. The first kappa shape index (κ1) is 14.9. The van der Waals surface area contributed by atoms with Crippen LogP contribution in [-0.2, 0) is 9.59 Å². The van der Waals surface area contributed by atoms with Crippen molar-refractivity contribution in [3.8, 4) is 0 Å². The Morgan fingerprint density at radius 1 is 1.25 bits per heavy atom. The number of rotatable bonds is 6. The summed E-state index contributed by atoms with van der Waals surface area (Å²) in [6.07, 6.45) is 0.114. The zero-order valence-electron chi connectivity index (χ0n) is 10.4. The first-order valence-electron chi connectivity index (χ1n) is 5.55. The van der Waals surface area contributed by atoms with Crippen LogP contribution in [0.5, 0.6) is 0 Å². The maximum absolute atomic E-state index is 11.4. The second kappa shape index (κ2) is 7.22. The van der Waals surface area contributed by atoms with Gasteiger partial charge in [0.2, 0.25) is 11.8 Å². The van der Waals surface area contributed by atoms with E-state index in [4.69, 9.17) is 0 Å². The molecule has 0 radical (unpaired) electrons. The van der Waals surface area contributed by atoms with Crippen LogP contribution in [0.1, 0.15) is 34.1 Å². The molecule has 0 spiro atoms. The lowest BCUT2D eigenvalue weighted by molar-refractivity contribution is -0.127. The van der Waals surface area contributed by atoms with E-state index >= 15 is 0 Å². The summed E-state index contributed by atoms with van der Waals surface area (Å²) in [7, 11) is 0. The largest absolute Gasteiger partial charge is 0.391 e. The minimum absolute atomic E-state index is 0.223. The Labute approximate surface area is 96.6 Å². The highest BCUT2D eigenvalue weighted by atomic mass is 16.3. The van der Waals surface area contributed by atoms with Gasteiger partial charge in [0.25, 0.3) is 0 Å². The number of aliphatic hydroxyl groups is 1. The van der Waals surface area contributed by atoms with Crippen LogP contribution in [0.4, 0.5) is 0 Å². The first-order chi connectivity index (χ1) is 7.32. The molecule has 0 heterocycles. The van der Waals surface area contributed by atoms with Crippen molar-refractivity contribution in [3.05, 3.63) is 0 Å². The standard InChI is InChI=1S/C11H22N2O3/c1-7(2)5-10(15)6-12-11(16)8(3)13-9(4)14/h7-8,10,15H,5-6H2,1-4H3,(H,12,16)(H,13,14). The highest BCUT2D eigenvalue weighted by Gasteiger charge is 2.15. The number of hydrogen-bond donors (Lipinski definition) is 3. The number of carbonyl (C=O) groups is 2. The highest BCUT2D eigenvalue weighted by Crippen LogP contribution is 2.03. The average Bonchev–Trinajstić information content (AvgIpc) is 2.11. The molecule has 0 saturated heterocycles. The minimum atomic E-state index is -0.566. The van der Waals surface area contributed by atoms with Gasteiger partial charge in [-0.15, -0.1) is 0 Å². The summed E-state index contributed by atoms with van der Waals surface area (Å²) in [6.45, 7) is 7.19. The Bertz CT molecular complexity index is 241. The van der Waals surface area contributed by atoms with Crippen molar-refractivity contribution in [2.75, 3.05) is 6.54 Å². The number of hydrogen-bond acceptors (Lipinski definition) is 3. The molecular weight excluding hydrogens is 208 g/mol. The number of carbonyl (C=O) groups excluding carboxylic acids is 2. The van der Waals surface area contributed by atoms with Crippen LogP contribution in [0.3, 0.4) is 0 Å². The third-order valence-corrected chi connectivity index (χ3v) is 2.07. The van der Waals surface area contributed by atoms with Gasteiger partial charge in [-0.25, -0.2) is 0 Å². The second-order valence-corrected chi connectivity index (χ2v) is 4.45. The maximum Gasteiger partial charge on any atom is 0.242 e. The number of aliphatic hydroxyl groups excluding tert-OH is 1. The molecule has 0 aliphatic rings. The molecule has 5 nitrogen and oxygen atoms in total. The van der Waals surface area contributed by atoms with Crippen LogP contribution in [0.2, 0.25) is 0 Å². The minimum Gasteiger partial charge on any atom is -0.391 e. The lowest BCUT2D eigenvalue weighted by atomic mass is 10.1. The highest BCUT2D eigenvalue weighted by molar-refractivity contribution is 5.86. The summed E-state index contributed by atoms with van der Waals surface area (Å²) >= 11 is 0. The summed E-state index contributed by atoms with van der Waals surface area (Å²) in [6, 6.07) is -0.566. The summed E-state index contributed by atoms with van der Waals surface area (Å²) in [4.78, 5) is 22.1. The molecule has 0 aromatic heterocycles. The molecule has 3 N–H and O–H groups in total. The van der Waals surface area contributed by atoms with E-state index in [2.05, 4.69) is 10.6 Å². The number of amides is 2. The van der Waals surface area contributed by atoms with Gasteiger partial charge in [0.15, 0.2) is 0 Å². The molecule has 0 aromatic carbocycles. The zero-order valence-corrected chi connectivity index (χ0v) is 10.4. The monoisotopic (exact) mass is 230 g/mol. The van der Waals surface area contributed by atoms with E-state index in [0.717, 1.165) is 0 Å². The third kappa shape index (κ3) is 7.23. The predicted molar refractivity (Wildman–Crippen MR) is 61.8 cm³/mol. The molecule has 2 unspecified atom stereocenters. The molecule has 2 atom stereocenters. The Morgan fingerprint density at radius 2 is 1.81 bits per heavy atom. The van der Waals surface area contributed by atoms with Gasteiger partial charge in [0, 0.05) is 13.5 Å². The van der Waals surface area contributed by atoms with Gasteiger partial charge in [-0.05, 0) is 19.3 Å². The summed E-state index contributed by atoms with van der Waals surface area (Å²) in [5.74, 6) is -0.136. The van der Waals surface area contributed by atoms with E-state index in [1.54, 1.807) is 6.92 Å². The number of nitrogens with one attached hydrogen (secondary N) is 2. The molecule has 0 bridgehead atoms. The van der Waals surface area contributed by atoms with E-state index in [1.165, 1.54) is 6.92 Å². The molecular formula is C11H22N2O3. The molecule has 0 saturated carbocycles. The molecule has 0 fully saturated rings. The fraction of sp³-hybridized carbons (Fsp3) is 0.818. The van der Waals surface area contributed by atoms with E-state index < -0.39 is 12.1 Å². The molecule has 5 heteroatoms. The average molecular weight is 230 g/mol. The van der Waals surface area contributed by atoms with Gasteiger partial charge in [-0.1, -0.05) is 13.8 Å². The van der Waals surface area contributed by atoms with Crippen molar-refractivity contribution in [1.82, 2.24) is 10.6 Å². The molecule has 0 aromatic rings. The second-order valence-electron chi connectivity index (χ2n) is 4.45. The molecule has 2 amide bonds. The Kier molecular flexibility index (Phi) is 6.72. The molecule has 0 rings (SSSR count). The fourth-order valence-electron chi connectivity index (χ4n) is 1.37. The van der Waals surface area contributed by atoms with Crippen molar-refractivity contribution >= 4 is 11.8 Å². The first-order valence-corrected chi connectivity index (χ1v) is 5.55. The van der Waals surface area contributed by atoms with Crippen molar-refractivity contribution in [2.24, 2.45) is 5.92 Å². The Morgan fingerprint density at radius 3 is 2.25 bits per heavy atom. The van der Waals surface area contributed by atoms with E-state index in [1.807, 2.05) is 13.8 Å². The van der Waals surface area contributed by atoms with Crippen molar-refractivity contribution in [1.29, 1.82) is 0 Å². The fourth-order valence-corrected chi connectivity index (χ4v) is 1.37. The molecule has 94 valence electrons. The van der Waals surface area contributed by atoms with Gasteiger partial charge in [-0.3, -0.25) is 9.59 Å². The van der Waals surface area contributed by atoms with Crippen LogP contribution in [0.15, 0.2) is 0 Å². The van der Waals surface area contributed by atoms with Gasteiger partial charge in [0.1, 0.15) is 6.04 Å². The lowest BCUT2D eigenvalue weighted by Crippen LogP contribution is -2.46. The summed E-state index contributed by atoms with van der Waals surface area (Å²) in [5, 5.41) is 14.6. The predicted octanol–water partition coefficient (Wildman–Crippen LogP) is 0.0342. The summed E-state index contributed by atoms with van der Waals surface area (Å²) < 4.78 is 0. The quantitative estimate of drug-likeness (QED) is 0.602. The normalized spacial score (nSPS) is 14.4. The molecule has 0 aliphatic heterocycles. The topological polar surface area (TPSA) is 78.4 Å². The van der Waals surface area contributed by atoms with E-state index in [-0.39, 0.29) is 18.4 Å². The van der Waals surface area contributed by atoms with E-state index in [0.29, 0.717) is 12.3 Å². The van der Waals surface area contributed by atoms with Crippen LogP contribution >= 0.6 is 0 Å². The molecule has 0 aliphatic carbocycles. The van der Waals surface area contributed by atoms with E-state index in [9.17, 15) is 14.7 Å². The maximum atomic E-state index is 11.4. The van der Waals surface area contributed by atoms with Crippen molar-refractivity contribution in [2.45, 2.75) is 46.3 Å². The zero-order chi connectivity index (χ0) is 12.7. The smallest absolute Gasteiger partial charge is 0.242 e. The van der Waals surface area contributed by atoms with Crippen molar-refractivity contribution < 1.29 is 14.7 Å². The van der Waals surface area contributed by atoms with Crippen molar-refractivity contribution in [3.63, 3.8) is 0 Å². The lowest BCUT2D eigenvalue weighted by Gasteiger charge is -2.16. The van der Waals surface area contributed by atoms with Crippen LogP contribution in [0.25, 0.3) is 0 Å². The Balaban J connectivity index is 3.83. The van der Waals surface area contributed by atoms with Gasteiger partial charge < -0.3 is 15.7 Å². The SMILES string of the molecule is CC(=O)NC(C)C(=O)NCC(O)CC(C)C. The summed E-state index contributed by atoms with van der Waals surface area (Å²) in [5.41, 5.74) is 0.